The molecule has 0 amide bonds. The van der Waals surface area contributed by atoms with Crippen LogP contribution in [0.2, 0.25) is 0 Å². The van der Waals surface area contributed by atoms with Crippen molar-refractivity contribution in [1.82, 2.24) is 15.6 Å². The Balaban J connectivity index is 1.60. The zero-order valence-electron chi connectivity index (χ0n) is 13.3. The topological polar surface area (TPSA) is 37.0 Å². The quantitative estimate of drug-likeness (QED) is 0.893. The van der Waals surface area contributed by atoms with E-state index in [1.54, 1.807) is 0 Å². The Kier molecular flexibility index (Phi) is 5.26. The van der Waals surface area contributed by atoms with Gasteiger partial charge in [-0.05, 0) is 56.7 Å². The molecule has 1 saturated heterocycles. The highest BCUT2D eigenvalue weighted by atomic mass is 15.0. The molecule has 1 aliphatic heterocycles. The fourth-order valence-electron chi connectivity index (χ4n) is 4.07. The highest BCUT2D eigenvalue weighted by Gasteiger charge is 2.32. The first-order valence-corrected chi connectivity index (χ1v) is 8.72. The van der Waals surface area contributed by atoms with Crippen molar-refractivity contribution in [2.75, 3.05) is 6.54 Å². The number of pyridine rings is 1. The minimum absolute atomic E-state index is 0.663. The zero-order valence-corrected chi connectivity index (χ0v) is 13.3. The van der Waals surface area contributed by atoms with Crippen LogP contribution < -0.4 is 10.6 Å². The Labute approximate surface area is 128 Å². The molecule has 0 bridgehead atoms. The van der Waals surface area contributed by atoms with E-state index in [1.165, 1.54) is 62.7 Å². The van der Waals surface area contributed by atoms with Gasteiger partial charge >= 0.3 is 0 Å². The molecule has 116 valence electrons. The molecule has 2 fully saturated rings. The largest absolute Gasteiger partial charge is 0.314 e. The van der Waals surface area contributed by atoms with Gasteiger partial charge < -0.3 is 10.6 Å². The van der Waals surface area contributed by atoms with Crippen molar-refractivity contribution in [1.29, 1.82) is 0 Å². The van der Waals surface area contributed by atoms with E-state index >= 15 is 0 Å². The van der Waals surface area contributed by atoms with Crippen molar-refractivity contribution in [3.05, 3.63) is 29.6 Å². The van der Waals surface area contributed by atoms with Gasteiger partial charge in [0.25, 0.3) is 0 Å². The van der Waals surface area contributed by atoms with Gasteiger partial charge in [0.2, 0.25) is 0 Å². The van der Waals surface area contributed by atoms with Crippen molar-refractivity contribution < 1.29 is 0 Å². The minimum atomic E-state index is 0.663. The summed E-state index contributed by atoms with van der Waals surface area (Å²) in [4.78, 5) is 4.52. The third-order valence-electron chi connectivity index (χ3n) is 5.33. The molecule has 3 unspecified atom stereocenters. The highest BCUT2D eigenvalue weighted by molar-refractivity contribution is 5.17. The summed E-state index contributed by atoms with van der Waals surface area (Å²) < 4.78 is 0. The Hall–Kier alpha value is -0.930. The van der Waals surface area contributed by atoms with E-state index in [1.807, 2.05) is 12.3 Å². The van der Waals surface area contributed by atoms with Gasteiger partial charge in [0.1, 0.15) is 0 Å². The van der Waals surface area contributed by atoms with Gasteiger partial charge in [0, 0.05) is 24.8 Å². The van der Waals surface area contributed by atoms with Gasteiger partial charge in [-0.2, -0.15) is 0 Å². The van der Waals surface area contributed by atoms with Crippen LogP contribution in [0, 0.1) is 12.8 Å². The average molecular weight is 287 g/mol. The molecule has 1 aromatic rings. The summed E-state index contributed by atoms with van der Waals surface area (Å²) in [7, 11) is 0. The molecule has 0 aromatic carbocycles. The number of rotatable bonds is 4. The van der Waals surface area contributed by atoms with Crippen molar-refractivity contribution in [2.24, 2.45) is 5.92 Å². The summed E-state index contributed by atoms with van der Waals surface area (Å²) >= 11 is 0. The number of aryl methyl sites for hydroxylation is 1. The Morgan fingerprint density at radius 3 is 2.86 bits per heavy atom. The predicted octanol–water partition coefficient (Wildman–Crippen LogP) is 3.18. The van der Waals surface area contributed by atoms with Gasteiger partial charge in [0.05, 0.1) is 5.69 Å². The molecule has 2 N–H and O–H groups in total. The number of nitrogens with zero attached hydrogens (tertiary/aromatic N) is 1. The van der Waals surface area contributed by atoms with E-state index in [0.29, 0.717) is 6.04 Å². The van der Waals surface area contributed by atoms with E-state index in [9.17, 15) is 0 Å². The van der Waals surface area contributed by atoms with Gasteiger partial charge in [-0.1, -0.05) is 25.3 Å². The molecule has 2 aliphatic rings. The smallest absolute Gasteiger partial charge is 0.0570 e. The number of hydrogen-bond acceptors (Lipinski definition) is 3. The van der Waals surface area contributed by atoms with Crippen molar-refractivity contribution in [3.8, 4) is 0 Å². The second-order valence-corrected chi connectivity index (χ2v) is 6.76. The van der Waals surface area contributed by atoms with Crippen LogP contribution in [0.3, 0.4) is 0 Å². The lowest BCUT2D eigenvalue weighted by atomic mass is 9.77. The molecule has 2 heterocycles. The number of hydrogen-bond donors (Lipinski definition) is 2. The summed E-state index contributed by atoms with van der Waals surface area (Å²) in [5.41, 5.74) is 2.51. The van der Waals surface area contributed by atoms with E-state index in [4.69, 9.17) is 0 Å². The summed E-state index contributed by atoms with van der Waals surface area (Å²) in [5.74, 6) is 0.808. The first-order chi connectivity index (χ1) is 10.3. The predicted molar refractivity (Wildman–Crippen MR) is 87.2 cm³/mol. The average Bonchev–Trinajstić information content (AvgIpc) is 2.55. The van der Waals surface area contributed by atoms with Crippen molar-refractivity contribution in [2.45, 2.75) is 70.5 Å². The van der Waals surface area contributed by atoms with E-state index in [2.05, 4.69) is 28.6 Å². The summed E-state index contributed by atoms with van der Waals surface area (Å²) in [5, 5.41) is 7.60. The molecule has 1 saturated carbocycles. The zero-order chi connectivity index (χ0) is 14.5. The van der Waals surface area contributed by atoms with E-state index in [-0.39, 0.29) is 0 Å². The van der Waals surface area contributed by atoms with Crippen LogP contribution in [-0.2, 0) is 6.54 Å². The summed E-state index contributed by atoms with van der Waals surface area (Å²) in [6.45, 7) is 4.29. The molecule has 1 aliphatic carbocycles. The summed E-state index contributed by atoms with van der Waals surface area (Å²) in [6, 6.07) is 5.58. The Morgan fingerprint density at radius 2 is 2.05 bits per heavy atom. The lowest BCUT2D eigenvalue weighted by Crippen LogP contribution is -2.50. The van der Waals surface area contributed by atoms with Crippen LogP contribution in [0.25, 0.3) is 0 Å². The normalized spacial score (nSPS) is 30.2. The molecule has 1 aromatic heterocycles. The van der Waals surface area contributed by atoms with Crippen LogP contribution in [-0.4, -0.2) is 23.6 Å². The highest BCUT2D eigenvalue weighted by Crippen LogP contribution is 2.30. The molecule has 3 nitrogen and oxygen atoms in total. The number of nitrogens with one attached hydrogen (secondary N) is 2. The first-order valence-electron chi connectivity index (χ1n) is 8.72. The standard InChI is InChI=1S/C18H29N3/c1-14-7-6-12-20-18(14)13-21-17-9-3-2-8-15(17)16-10-4-5-11-19-16/h6-7,12,15-17,19,21H,2-5,8-11,13H2,1H3. The van der Waals surface area contributed by atoms with Crippen LogP contribution in [0.15, 0.2) is 18.3 Å². The fourth-order valence-corrected chi connectivity index (χ4v) is 4.07. The second kappa shape index (κ2) is 7.37. The number of piperidine rings is 1. The van der Waals surface area contributed by atoms with Crippen molar-refractivity contribution >= 4 is 0 Å². The monoisotopic (exact) mass is 287 g/mol. The maximum Gasteiger partial charge on any atom is 0.0570 e. The minimum Gasteiger partial charge on any atom is -0.314 e. The maximum atomic E-state index is 4.52. The molecule has 3 heteroatoms. The van der Waals surface area contributed by atoms with Crippen LogP contribution in [0.5, 0.6) is 0 Å². The molecule has 0 spiro atoms. The van der Waals surface area contributed by atoms with Crippen LogP contribution >= 0.6 is 0 Å². The Bertz CT molecular complexity index is 440. The molecule has 0 radical (unpaired) electrons. The third kappa shape index (κ3) is 3.83. The van der Waals surface area contributed by atoms with Gasteiger partial charge in [-0.15, -0.1) is 0 Å². The molecule has 3 atom stereocenters. The lowest BCUT2D eigenvalue weighted by Gasteiger charge is -2.40. The van der Waals surface area contributed by atoms with Gasteiger partial charge in [-0.25, -0.2) is 0 Å². The van der Waals surface area contributed by atoms with Gasteiger partial charge in [-0.3, -0.25) is 4.98 Å². The SMILES string of the molecule is Cc1cccnc1CNC1CCCCC1C1CCCCN1. The van der Waals surface area contributed by atoms with Crippen LogP contribution in [0.4, 0.5) is 0 Å². The molecule has 21 heavy (non-hydrogen) atoms. The van der Waals surface area contributed by atoms with Crippen LogP contribution in [0.1, 0.15) is 56.2 Å². The van der Waals surface area contributed by atoms with Crippen molar-refractivity contribution in [3.63, 3.8) is 0 Å². The third-order valence-corrected chi connectivity index (χ3v) is 5.33. The summed E-state index contributed by atoms with van der Waals surface area (Å²) in [6.07, 6.45) is 11.5. The molecular formula is C18H29N3. The van der Waals surface area contributed by atoms with Gasteiger partial charge in [0.15, 0.2) is 0 Å². The number of aromatic nitrogens is 1. The second-order valence-electron chi connectivity index (χ2n) is 6.76. The first kappa shape index (κ1) is 15.0. The fraction of sp³-hybridized carbons (Fsp3) is 0.722. The maximum absolute atomic E-state index is 4.52. The molecule has 3 rings (SSSR count). The van der Waals surface area contributed by atoms with E-state index < -0.39 is 0 Å². The van der Waals surface area contributed by atoms with E-state index in [0.717, 1.165) is 18.5 Å². The molecular weight excluding hydrogens is 258 g/mol. The Morgan fingerprint density at radius 1 is 1.19 bits per heavy atom. The lowest BCUT2D eigenvalue weighted by molar-refractivity contribution is 0.180.